The molecule has 1 aliphatic rings. The van der Waals surface area contributed by atoms with Crippen molar-refractivity contribution < 1.29 is 33.8 Å². The topological polar surface area (TPSA) is 113 Å². The van der Waals surface area contributed by atoms with Crippen LogP contribution >= 0.6 is 0 Å². The van der Waals surface area contributed by atoms with Crippen molar-refractivity contribution in [2.24, 2.45) is 0 Å². The highest BCUT2D eigenvalue weighted by Crippen LogP contribution is 2.26. The van der Waals surface area contributed by atoms with Gasteiger partial charge in [0.25, 0.3) is 0 Å². The van der Waals surface area contributed by atoms with Crippen LogP contribution in [-0.2, 0) is 19.1 Å². The summed E-state index contributed by atoms with van der Waals surface area (Å²) in [6.45, 7) is 1.79. The van der Waals surface area contributed by atoms with Crippen molar-refractivity contribution in [2.75, 3.05) is 29.5 Å². The van der Waals surface area contributed by atoms with Crippen LogP contribution in [0.15, 0.2) is 54.6 Å². The van der Waals surface area contributed by atoms with Gasteiger partial charge in [-0.2, -0.15) is 0 Å². The number of amides is 2. The van der Waals surface area contributed by atoms with E-state index in [2.05, 4.69) is 0 Å². The van der Waals surface area contributed by atoms with Gasteiger partial charge in [-0.1, -0.05) is 30.3 Å². The van der Waals surface area contributed by atoms with Gasteiger partial charge in [0, 0.05) is 5.69 Å². The SMILES string of the molecule is CCOC(=O)CC(=O)N(CC1CN(c2ccccc2)C(=O)O1)c1ccccc1C(=O)O. The second kappa shape index (κ2) is 9.75. The third kappa shape index (κ3) is 5.19. The lowest BCUT2D eigenvalue weighted by molar-refractivity contribution is -0.145. The van der Waals surface area contributed by atoms with Gasteiger partial charge >= 0.3 is 18.0 Å². The molecule has 2 aromatic rings. The Morgan fingerprint density at radius 1 is 1.13 bits per heavy atom. The molecule has 0 aliphatic carbocycles. The van der Waals surface area contributed by atoms with Gasteiger partial charge in [-0.15, -0.1) is 0 Å². The molecule has 3 rings (SSSR count). The molecule has 1 atom stereocenters. The van der Waals surface area contributed by atoms with Crippen LogP contribution in [0.3, 0.4) is 0 Å². The van der Waals surface area contributed by atoms with E-state index in [1.807, 2.05) is 6.07 Å². The lowest BCUT2D eigenvalue weighted by Crippen LogP contribution is -2.41. The number of para-hydroxylation sites is 2. The predicted octanol–water partition coefficient (Wildman–Crippen LogP) is 2.70. The first-order chi connectivity index (χ1) is 14.9. The van der Waals surface area contributed by atoms with E-state index in [-0.39, 0.29) is 30.9 Å². The van der Waals surface area contributed by atoms with E-state index >= 15 is 0 Å². The number of carbonyl (C=O) groups excluding carboxylic acids is 3. The van der Waals surface area contributed by atoms with Gasteiger partial charge in [-0.25, -0.2) is 9.59 Å². The minimum absolute atomic E-state index is 0.107. The van der Waals surface area contributed by atoms with Gasteiger partial charge in [0.05, 0.1) is 30.9 Å². The van der Waals surface area contributed by atoms with Gasteiger partial charge in [-0.3, -0.25) is 14.5 Å². The Balaban J connectivity index is 1.85. The maximum atomic E-state index is 12.9. The Morgan fingerprint density at radius 3 is 2.48 bits per heavy atom. The Hall–Kier alpha value is -3.88. The third-order valence-corrected chi connectivity index (χ3v) is 4.66. The second-order valence-electron chi connectivity index (χ2n) is 6.76. The van der Waals surface area contributed by atoms with Gasteiger partial charge in [-0.05, 0) is 31.2 Å². The number of cyclic esters (lactones) is 1. The number of nitrogens with zero attached hydrogens (tertiary/aromatic N) is 2. The maximum Gasteiger partial charge on any atom is 0.414 e. The lowest BCUT2D eigenvalue weighted by atomic mass is 10.1. The van der Waals surface area contributed by atoms with E-state index in [0.29, 0.717) is 5.69 Å². The van der Waals surface area contributed by atoms with Crippen LogP contribution in [0.4, 0.5) is 16.2 Å². The van der Waals surface area contributed by atoms with E-state index in [0.717, 1.165) is 4.90 Å². The molecular formula is C22H22N2O7. The minimum atomic E-state index is -1.22. The zero-order valence-corrected chi connectivity index (χ0v) is 16.9. The molecule has 162 valence electrons. The number of carbonyl (C=O) groups is 4. The second-order valence-corrected chi connectivity index (χ2v) is 6.76. The molecule has 1 heterocycles. The first-order valence-corrected chi connectivity index (χ1v) is 9.72. The van der Waals surface area contributed by atoms with Crippen LogP contribution in [0.25, 0.3) is 0 Å². The third-order valence-electron chi connectivity index (χ3n) is 4.66. The summed E-state index contributed by atoms with van der Waals surface area (Å²) in [5, 5.41) is 9.53. The van der Waals surface area contributed by atoms with Gasteiger partial charge < -0.3 is 19.5 Å². The van der Waals surface area contributed by atoms with Gasteiger partial charge in [0.1, 0.15) is 12.5 Å². The van der Waals surface area contributed by atoms with E-state index in [4.69, 9.17) is 9.47 Å². The minimum Gasteiger partial charge on any atom is -0.478 e. The zero-order valence-electron chi connectivity index (χ0n) is 16.9. The number of benzene rings is 2. The summed E-state index contributed by atoms with van der Waals surface area (Å²) in [6.07, 6.45) is -1.86. The largest absolute Gasteiger partial charge is 0.478 e. The fraction of sp³-hybridized carbons (Fsp3) is 0.273. The molecular weight excluding hydrogens is 404 g/mol. The van der Waals surface area contributed by atoms with Crippen molar-refractivity contribution >= 4 is 35.3 Å². The van der Waals surface area contributed by atoms with Crippen molar-refractivity contribution in [3.63, 3.8) is 0 Å². The molecule has 9 heteroatoms. The van der Waals surface area contributed by atoms with Gasteiger partial charge in [0.2, 0.25) is 5.91 Å². The van der Waals surface area contributed by atoms with Crippen LogP contribution in [0, 0.1) is 0 Å². The molecule has 2 amide bonds. The number of carboxylic acid groups (broad SMARTS) is 1. The predicted molar refractivity (Wildman–Crippen MR) is 111 cm³/mol. The Bertz CT molecular complexity index is 977. The molecule has 0 radical (unpaired) electrons. The number of ether oxygens (including phenoxy) is 2. The first kappa shape index (κ1) is 21.8. The standard InChI is InChI=1S/C22H22N2O7/c1-2-30-20(26)12-19(25)24(18-11-7-6-10-17(18)21(27)28)14-16-13-23(22(29)31-16)15-8-4-3-5-9-15/h3-11,16H,2,12-14H2,1H3,(H,27,28). The molecule has 0 aromatic heterocycles. The zero-order chi connectivity index (χ0) is 22.4. The average molecular weight is 426 g/mol. The summed E-state index contributed by atoms with van der Waals surface area (Å²) in [6, 6.07) is 14.9. The Morgan fingerprint density at radius 2 is 1.81 bits per heavy atom. The average Bonchev–Trinajstić information content (AvgIpc) is 3.13. The molecule has 9 nitrogen and oxygen atoms in total. The van der Waals surface area contributed by atoms with Crippen LogP contribution in [-0.4, -0.2) is 54.8 Å². The van der Waals surface area contributed by atoms with Crippen molar-refractivity contribution in [3.05, 3.63) is 60.2 Å². The van der Waals surface area contributed by atoms with Crippen molar-refractivity contribution in [1.29, 1.82) is 0 Å². The lowest BCUT2D eigenvalue weighted by Gasteiger charge is -2.26. The molecule has 1 N–H and O–H groups in total. The van der Waals surface area contributed by atoms with Crippen molar-refractivity contribution in [2.45, 2.75) is 19.4 Å². The van der Waals surface area contributed by atoms with Crippen molar-refractivity contribution in [1.82, 2.24) is 0 Å². The van der Waals surface area contributed by atoms with Crippen LogP contribution in [0.5, 0.6) is 0 Å². The number of anilines is 2. The van der Waals surface area contributed by atoms with E-state index < -0.39 is 36.5 Å². The number of hydrogen-bond acceptors (Lipinski definition) is 6. The van der Waals surface area contributed by atoms with Crippen LogP contribution < -0.4 is 9.80 Å². The molecule has 2 aromatic carbocycles. The highest BCUT2D eigenvalue weighted by Gasteiger charge is 2.36. The fourth-order valence-electron chi connectivity index (χ4n) is 3.29. The summed E-state index contributed by atoms with van der Waals surface area (Å²) in [7, 11) is 0. The molecule has 0 saturated carbocycles. The smallest absolute Gasteiger partial charge is 0.414 e. The number of rotatable bonds is 8. The molecule has 1 aliphatic heterocycles. The summed E-state index contributed by atoms with van der Waals surface area (Å²) in [4.78, 5) is 51.4. The molecule has 0 bridgehead atoms. The fourth-order valence-corrected chi connectivity index (χ4v) is 3.29. The van der Waals surface area contributed by atoms with Crippen LogP contribution in [0.2, 0.25) is 0 Å². The molecule has 31 heavy (non-hydrogen) atoms. The van der Waals surface area contributed by atoms with Crippen molar-refractivity contribution in [3.8, 4) is 0 Å². The molecule has 1 fully saturated rings. The van der Waals surface area contributed by atoms with Gasteiger partial charge in [0.15, 0.2) is 0 Å². The maximum absolute atomic E-state index is 12.9. The molecule has 1 saturated heterocycles. The van der Waals surface area contributed by atoms with E-state index in [9.17, 15) is 24.3 Å². The summed E-state index contributed by atoms with van der Waals surface area (Å²) in [5.41, 5.74) is 0.646. The number of esters is 1. The van der Waals surface area contributed by atoms with E-state index in [1.54, 1.807) is 37.3 Å². The van der Waals surface area contributed by atoms with Crippen LogP contribution in [0.1, 0.15) is 23.7 Å². The first-order valence-electron chi connectivity index (χ1n) is 9.72. The quantitative estimate of drug-likeness (QED) is 0.510. The summed E-state index contributed by atoms with van der Waals surface area (Å²) in [5.74, 6) is -2.60. The Labute approximate surface area is 178 Å². The number of hydrogen-bond donors (Lipinski definition) is 1. The number of aromatic carboxylic acids is 1. The molecule has 0 spiro atoms. The van der Waals surface area contributed by atoms with E-state index in [1.165, 1.54) is 23.1 Å². The summed E-state index contributed by atoms with van der Waals surface area (Å²) >= 11 is 0. The number of carboxylic acids is 1. The summed E-state index contributed by atoms with van der Waals surface area (Å²) < 4.78 is 10.3. The normalized spacial score (nSPS) is 15.3. The Kier molecular flexibility index (Phi) is 6.86. The molecule has 1 unspecified atom stereocenters. The highest BCUT2D eigenvalue weighted by molar-refractivity contribution is 6.07. The highest BCUT2D eigenvalue weighted by atomic mass is 16.6. The monoisotopic (exact) mass is 426 g/mol.